The van der Waals surface area contributed by atoms with Crippen LogP contribution in [0.15, 0.2) is 24.3 Å². The van der Waals surface area contributed by atoms with Gasteiger partial charge in [-0.15, -0.1) is 0 Å². The topological polar surface area (TPSA) is 50.8 Å². The van der Waals surface area contributed by atoms with E-state index in [1.807, 2.05) is 25.2 Å². The van der Waals surface area contributed by atoms with Crippen LogP contribution in [0.25, 0.3) is 0 Å². The average molecular weight is 292 g/mol. The Bertz CT molecular complexity index is 463. The number of nitrogens with zero attached hydrogens (tertiary/aromatic N) is 1. The van der Waals surface area contributed by atoms with Gasteiger partial charge in [0.25, 0.3) is 0 Å². The van der Waals surface area contributed by atoms with Crippen LogP contribution in [-0.4, -0.2) is 57.4 Å². The maximum absolute atomic E-state index is 11.5. The summed E-state index contributed by atoms with van der Waals surface area (Å²) in [6.07, 6.45) is 0.563. The second-order valence-corrected chi connectivity index (χ2v) is 5.31. The van der Waals surface area contributed by atoms with Gasteiger partial charge in [-0.05, 0) is 18.2 Å². The molecule has 1 fully saturated rings. The molecule has 1 saturated heterocycles. The minimum atomic E-state index is -0.197. The van der Waals surface area contributed by atoms with E-state index >= 15 is 0 Å². The van der Waals surface area contributed by atoms with E-state index in [-0.39, 0.29) is 12.1 Å². The minimum Gasteiger partial charge on any atom is -0.469 e. The van der Waals surface area contributed by atoms with Gasteiger partial charge < -0.3 is 14.8 Å². The molecule has 21 heavy (non-hydrogen) atoms. The predicted molar refractivity (Wildman–Crippen MR) is 81.1 cm³/mol. The first-order valence-corrected chi connectivity index (χ1v) is 7.35. The minimum absolute atomic E-state index is 0.197. The fourth-order valence-electron chi connectivity index (χ4n) is 2.63. The number of morpholine rings is 1. The van der Waals surface area contributed by atoms with Gasteiger partial charge in [-0.1, -0.05) is 24.3 Å². The molecule has 2 rings (SSSR count). The van der Waals surface area contributed by atoms with Crippen LogP contribution in [0.5, 0.6) is 0 Å². The molecule has 0 aliphatic carbocycles. The summed E-state index contributed by atoms with van der Waals surface area (Å²) in [6, 6.07) is 8.06. The molecule has 1 aliphatic heterocycles. The van der Waals surface area contributed by atoms with Gasteiger partial charge in [-0.2, -0.15) is 0 Å². The molecule has 5 heteroatoms. The molecule has 1 aliphatic rings. The summed E-state index contributed by atoms with van der Waals surface area (Å²) in [5.74, 6) is -0.197. The van der Waals surface area contributed by atoms with Gasteiger partial charge in [-0.25, -0.2) is 0 Å². The Labute approximate surface area is 126 Å². The molecule has 0 aromatic heterocycles. The van der Waals surface area contributed by atoms with E-state index in [0.29, 0.717) is 6.42 Å². The smallest absolute Gasteiger partial charge is 0.309 e. The van der Waals surface area contributed by atoms with Crippen LogP contribution in [0.1, 0.15) is 11.1 Å². The van der Waals surface area contributed by atoms with Gasteiger partial charge in [0, 0.05) is 26.2 Å². The van der Waals surface area contributed by atoms with Gasteiger partial charge >= 0.3 is 5.97 Å². The summed E-state index contributed by atoms with van der Waals surface area (Å²) in [7, 11) is 3.36. The summed E-state index contributed by atoms with van der Waals surface area (Å²) in [6.45, 7) is 4.29. The summed E-state index contributed by atoms with van der Waals surface area (Å²) >= 11 is 0. The van der Waals surface area contributed by atoms with E-state index in [0.717, 1.165) is 38.3 Å². The molecule has 1 atom stereocenters. The Morgan fingerprint density at radius 3 is 2.90 bits per heavy atom. The molecule has 0 radical (unpaired) electrons. The van der Waals surface area contributed by atoms with Crippen molar-refractivity contribution in [3.63, 3.8) is 0 Å². The van der Waals surface area contributed by atoms with Gasteiger partial charge in [-0.3, -0.25) is 9.69 Å². The van der Waals surface area contributed by atoms with Gasteiger partial charge in [0.15, 0.2) is 0 Å². The third-order valence-electron chi connectivity index (χ3n) is 3.73. The fraction of sp³-hybridized carbons (Fsp3) is 0.562. The third kappa shape index (κ3) is 4.81. The maximum Gasteiger partial charge on any atom is 0.309 e. The highest BCUT2D eigenvalue weighted by molar-refractivity contribution is 5.72. The summed E-state index contributed by atoms with van der Waals surface area (Å²) < 4.78 is 10.5. The summed E-state index contributed by atoms with van der Waals surface area (Å²) in [4.78, 5) is 13.9. The zero-order valence-electron chi connectivity index (χ0n) is 12.8. The second-order valence-electron chi connectivity index (χ2n) is 5.31. The fourth-order valence-corrected chi connectivity index (χ4v) is 2.63. The Morgan fingerprint density at radius 1 is 1.43 bits per heavy atom. The molecule has 1 unspecified atom stereocenters. The third-order valence-corrected chi connectivity index (χ3v) is 3.73. The monoisotopic (exact) mass is 292 g/mol. The Hall–Kier alpha value is -1.43. The second kappa shape index (κ2) is 8.12. The molecule has 0 saturated carbocycles. The first-order chi connectivity index (χ1) is 10.2. The molecule has 1 N–H and O–H groups in total. The Kier molecular flexibility index (Phi) is 6.17. The van der Waals surface area contributed by atoms with Crippen molar-refractivity contribution in [3.05, 3.63) is 35.4 Å². The van der Waals surface area contributed by atoms with E-state index in [9.17, 15) is 4.79 Å². The number of carbonyl (C=O) groups is 1. The van der Waals surface area contributed by atoms with Crippen molar-refractivity contribution in [2.24, 2.45) is 0 Å². The average Bonchev–Trinajstić information content (AvgIpc) is 2.50. The quantitative estimate of drug-likeness (QED) is 0.787. The number of esters is 1. The molecule has 0 amide bonds. The molecular formula is C16H24N2O3. The number of rotatable bonds is 6. The van der Waals surface area contributed by atoms with Crippen molar-refractivity contribution in [1.29, 1.82) is 0 Å². The number of hydrogen-bond acceptors (Lipinski definition) is 5. The van der Waals surface area contributed by atoms with E-state index in [1.54, 1.807) is 0 Å². The van der Waals surface area contributed by atoms with Crippen LogP contribution in [0.2, 0.25) is 0 Å². The molecule has 0 spiro atoms. The normalized spacial score (nSPS) is 19.4. The van der Waals surface area contributed by atoms with Crippen molar-refractivity contribution >= 4 is 5.97 Å². The molecule has 116 valence electrons. The lowest BCUT2D eigenvalue weighted by atomic mass is 10.0. The number of nitrogens with one attached hydrogen (secondary N) is 1. The molecular weight excluding hydrogens is 268 g/mol. The molecule has 0 bridgehead atoms. The van der Waals surface area contributed by atoms with Gasteiger partial charge in [0.2, 0.25) is 0 Å². The van der Waals surface area contributed by atoms with E-state index in [4.69, 9.17) is 9.47 Å². The van der Waals surface area contributed by atoms with Crippen LogP contribution >= 0.6 is 0 Å². The van der Waals surface area contributed by atoms with Crippen LogP contribution in [0, 0.1) is 0 Å². The highest BCUT2D eigenvalue weighted by atomic mass is 16.5. The lowest BCUT2D eigenvalue weighted by Crippen LogP contribution is -2.45. The maximum atomic E-state index is 11.5. The van der Waals surface area contributed by atoms with Gasteiger partial charge in [0.05, 0.1) is 26.2 Å². The highest BCUT2D eigenvalue weighted by Gasteiger charge is 2.20. The van der Waals surface area contributed by atoms with E-state index < -0.39 is 0 Å². The largest absolute Gasteiger partial charge is 0.469 e. The number of methoxy groups -OCH3 is 1. The Balaban J connectivity index is 2.00. The van der Waals surface area contributed by atoms with Crippen molar-refractivity contribution in [2.45, 2.75) is 19.1 Å². The number of likely N-dealkylation sites (N-methyl/N-ethyl adjacent to an activating group) is 1. The molecule has 5 nitrogen and oxygen atoms in total. The molecule has 1 aromatic carbocycles. The van der Waals surface area contributed by atoms with Crippen molar-refractivity contribution < 1.29 is 14.3 Å². The van der Waals surface area contributed by atoms with Crippen LogP contribution in [-0.2, 0) is 27.2 Å². The highest BCUT2D eigenvalue weighted by Crippen LogP contribution is 2.15. The standard InChI is InChI=1S/C16H24N2O3/c1-17-10-15-12-18(7-8-21-15)11-14-6-4-3-5-13(14)9-16(19)20-2/h3-6,15,17H,7-12H2,1-2H3. The summed E-state index contributed by atoms with van der Waals surface area (Å²) in [5, 5.41) is 3.15. The Morgan fingerprint density at radius 2 is 2.19 bits per heavy atom. The molecule has 1 aromatic rings. The van der Waals surface area contributed by atoms with Crippen molar-refractivity contribution in [1.82, 2.24) is 10.2 Å². The number of benzene rings is 1. The lowest BCUT2D eigenvalue weighted by Gasteiger charge is -2.33. The number of ether oxygens (including phenoxy) is 2. The SMILES string of the molecule is CNCC1CN(Cc2ccccc2CC(=O)OC)CCO1. The van der Waals surface area contributed by atoms with Gasteiger partial charge in [0.1, 0.15) is 0 Å². The number of carbonyl (C=O) groups excluding carboxylic acids is 1. The van der Waals surface area contributed by atoms with E-state index in [2.05, 4.69) is 16.3 Å². The predicted octanol–water partition coefficient (Wildman–Crippen LogP) is 0.822. The van der Waals surface area contributed by atoms with Crippen LogP contribution in [0.3, 0.4) is 0 Å². The van der Waals surface area contributed by atoms with Crippen LogP contribution in [0.4, 0.5) is 0 Å². The lowest BCUT2D eigenvalue weighted by molar-refractivity contribution is -0.139. The first-order valence-electron chi connectivity index (χ1n) is 7.35. The van der Waals surface area contributed by atoms with Crippen molar-refractivity contribution in [3.8, 4) is 0 Å². The zero-order chi connectivity index (χ0) is 15.1. The first kappa shape index (κ1) is 15.9. The summed E-state index contributed by atoms with van der Waals surface area (Å²) in [5.41, 5.74) is 2.23. The molecule has 1 heterocycles. The van der Waals surface area contributed by atoms with Crippen LogP contribution < -0.4 is 5.32 Å². The zero-order valence-corrected chi connectivity index (χ0v) is 12.8. The number of hydrogen-bond donors (Lipinski definition) is 1. The van der Waals surface area contributed by atoms with Crippen molar-refractivity contribution in [2.75, 3.05) is 40.4 Å². The van der Waals surface area contributed by atoms with E-state index in [1.165, 1.54) is 12.7 Å².